The first-order valence-corrected chi connectivity index (χ1v) is 7.08. The van der Waals surface area contributed by atoms with E-state index < -0.39 is 0 Å². The fraction of sp³-hybridized carbons (Fsp3) is 0.538. The predicted molar refractivity (Wildman–Crippen MR) is 72.8 cm³/mol. The summed E-state index contributed by atoms with van der Waals surface area (Å²) >= 11 is 1.90. The maximum absolute atomic E-state index is 6.01. The van der Waals surface area contributed by atoms with Gasteiger partial charge in [0, 0.05) is 17.5 Å². The van der Waals surface area contributed by atoms with Crippen molar-refractivity contribution in [2.75, 3.05) is 24.7 Å². The van der Waals surface area contributed by atoms with Gasteiger partial charge in [0.25, 0.3) is 0 Å². The Morgan fingerprint density at radius 1 is 1.24 bits per heavy atom. The minimum Gasteiger partial charge on any atom is -0.486 e. The summed E-state index contributed by atoms with van der Waals surface area (Å²) in [4.78, 5) is 0. The maximum Gasteiger partial charge on any atom is 0.163 e. The molecule has 0 radical (unpaired) electrons. The van der Waals surface area contributed by atoms with Gasteiger partial charge >= 0.3 is 0 Å². The summed E-state index contributed by atoms with van der Waals surface area (Å²) in [5, 5.41) is 0. The zero-order chi connectivity index (χ0) is 12.3. The molecule has 0 aliphatic carbocycles. The average molecular weight is 253 g/mol. The largest absolute Gasteiger partial charge is 0.486 e. The number of hydrogen-bond donors (Lipinski definition) is 1. The second-order valence-corrected chi connectivity index (χ2v) is 5.63. The molecule has 3 nitrogen and oxygen atoms in total. The maximum atomic E-state index is 6.01. The zero-order valence-corrected chi connectivity index (χ0v) is 11.2. The molecule has 0 saturated carbocycles. The van der Waals surface area contributed by atoms with Crippen LogP contribution in [0.15, 0.2) is 12.1 Å². The zero-order valence-electron chi connectivity index (χ0n) is 10.4. The topological polar surface area (TPSA) is 44.5 Å². The Hall–Kier alpha value is -1.03. The van der Waals surface area contributed by atoms with Gasteiger partial charge in [0.2, 0.25) is 0 Å². The molecule has 1 aliphatic heterocycles. The van der Waals surface area contributed by atoms with Gasteiger partial charge in [-0.15, -0.1) is 0 Å². The first-order valence-electron chi connectivity index (χ1n) is 5.92. The standard InChI is InChI=1S/C13H19NO2S/c1-9(2)7-17-8-10-5-12-13(6-11(10)14)16-4-3-15-12/h5-6,9H,3-4,7-8,14H2,1-2H3. The van der Waals surface area contributed by atoms with E-state index in [0.29, 0.717) is 19.1 Å². The smallest absolute Gasteiger partial charge is 0.163 e. The molecule has 2 rings (SSSR count). The van der Waals surface area contributed by atoms with Crippen molar-refractivity contribution in [2.45, 2.75) is 19.6 Å². The fourth-order valence-corrected chi connectivity index (χ4v) is 2.74. The molecule has 0 atom stereocenters. The van der Waals surface area contributed by atoms with Crippen molar-refractivity contribution >= 4 is 17.4 Å². The van der Waals surface area contributed by atoms with E-state index >= 15 is 0 Å². The number of ether oxygens (including phenoxy) is 2. The summed E-state index contributed by atoms with van der Waals surface area (Å²) in [6.07, 6.45) is 0. The second-order valence-electron chi connectivity index (χ2n) is 4.60. The normalized spacial score (nSPS) is 14.1. The first-order chi connectivity index (χ1) is 8.16. The van der Waals surface area contributed by atoms with Gasteiger partial charge in [0.1, 0.15) is 13.2 Å². The average Bonchev–Trinajstić information content (AvgIpc) is 2.29. The third-order valence-electron chi connectivity index (χ3n) is 2.51. The number of thioether (sulfide) groups is 1. The molecule has 0 saturated heterocycles. The number of nitrogens with two attached hydrogens (primary N) is 1. The summed E-state index contributed by atoms with van der Waals surface area (Å²) < 4.78 is 11.0. The monoisotopic (exact) mass is 253 g/mol. The van der Waals surface area contributed by atoms with E-state index in [2.05, 4.69) is 13.8 Å². The summed E-state index contributed by atoms with van der Waals surface area (Å²) in [7, 11) is 0. The van der Waals surface area contributed by atoms with Gasteiger partial charge in [0.05, 0.1) is 0 Å². The first kappa shape index (κ1) is 12.4. The van der Waals surface area contributed by atoms with Crippen LogP contribution in [0.5, 0.6) is 11.5 Å². The Morgan fingerprint density at radius 2 is 1.88 bits per heavy atom. The van der Waals surface area contributed by atoms with Gasteiger partial charge in [-0.1, -0.05) is 13.8 Å². The van der Waals surface area contributed by atoms with Gasteiger partial charge in [-0.2, -0.15) is 11.8 Å². The number of rotatable bonds is 4. The molecule has 2 N–H and O–H groups in total. The predicted octanol–water partition coefficient (Wildman–Crippen LogP) is 2.93. The quantitative estimate of drug-likeness (QED) is 0.838. The van der Waals surface area contributed by atoms with Crippen molar-refractivity contribution in [3.8, 4) is 11.5 Å². The molecule has 0 bridgehead atoms. The molecule has 0 fully saturated rings. The molecule has 17 heavy (non-hydrogen) atoms. The van der Waals surface area contributed by atoms with Crippen LogP contribution in [-0.4, -0.2) is 19.0 Å². The second kappa shape index (κ2) is 5.54. The van der Waals surface area contributed by atoms with Crippen molar-refractivity contribution in [3.63, 3.8) is 0 Å². The number of benzene rings is 1. The lowest BCUT2D eigenvalue weighted by Crippen LogP contribution is -2.16. The highest BCUT2D eigenvalue weighted by molar-refractivity contribution is 7.98. The molecule has 1 aromatic rings. The molecular weight excluding hydrogens is 234 g/mol. The third kappa shape index (κ3) is 3.22. The van der Waals surface area contributed by atoms with Crippen LogP contribution >= 0.6 is 11.8 Å². The van der Waals surface area contributed by atoms with Crippen molar-refractivity contribution < 1.29 is 9.47 Å². The van der Waals surface area contributed by atoms with Crippen LogP contribution in [0.1, 0.15) is 19.4 Å². The van der Waals surface area contributed by atoms with Crippen molar-refractivity contribution in [2.24, 2.45) is 5.92 Å². The Balaban J connectivity index is 2.06. The van der Waals surface area contributed by atoms with E-state index in [1.807, 2.05) is 23.9 Å². The molecule has 1 heterocycles. The van der Waals surface area contributed by atoms with E-state index in [9.17, 15) is 0 Å². The highest BCUT2D eigenvalue weighted by Gasteiger charge is 2.14. The minimum atomic E-state index is 0.605. The van der Waals surface area contributed by atoms with E-state index in [4.69, 9.17) is 15.2 Å². The lowest BCUT2D eigenvalue weighted by molar-refractivity contribution is 0.171. The van der Waals surface area contributed by atoms with E-state index in [1.165, 1.54) is 0 Å². The molecule has 0 spiro atoms. The van der Waals surface area contributed by atoms with Crippen LogP contribution in [-0.2, 0) is 5.75 Å². The molecule has 0 amide bonds. The molecule has 1 aliphatic rings. The summed E-state index contributed by atoms with van der Waals surface area (Å²) in [6.45, 7) is 5.67. The Kier molecular flexibility index (Phi) is 4.05. The number of nitrogen functional groups attached to an aromatic ring is 1. The van der Waals surface area contributed by atoms with Crippen molar-refractivity contribution in [1.82, 2.24) is 0 Å². The fourth-order valence-electron chi connectivity index (χ4n) is 1.68. The van der Waals surface area contributed by atoms with Crippen molar-refractivity contribution in [1.29, 1.82) is 0 Å². The SMILES string of the molecule is CC(C)CSCc1cc2c(cc1N)OCCO2. The van der Waals surface area contributed by atoms with Crippen LogP contribution in [0.3, 0.4) is 0 Å². The number of fused-ring (bicyclic) bond motifs is 1. The molecule has 1 aromatic carbocycles. The summed E-state index contributed by atoms with van der Waals surface area (Å²) in [6, 6.07) is 3.89. The lowest BCUT2D eigenvalue weighted by Gasteiger charge is -2.20. The van der Waals surface area contributed by atoms with Crippen LogP contribution in [0, 0.1) is 5.92 Å². The molecular formula is C13H19NO2S. The van der Waals surface area contributed by atoms with E-state index in [0.717, 1.165) is 34.3 Å². The molecule has 94 valence electrons. The van der Waals surface area contributed by atoms with Gasteiger partial charge in [-0.05, 0) is 23.3 Å². The Morgan fingerprint density at radius 3 is 2.53 bits per heavy atom. The lowest BCUT2D eigenvalue weighted by atomic mass is 10.2. The molecule has 0 aromatic heterocycles. The van der Waals surface area contributed by atoms with Gasteiger partial charge in [-0.3, -0.25) is 0 Å². The Labute approximate surface area is 107 Å². The summed E-state index contributed by atoms with van der Waals surface area (Å²) in [5.41, 5.74) is 7.95. The highest BCUT2D eigenvalue weighted by atomic mass is 32.2. The molecule has 0 unspecified atom stereocenters. The minimum absolute atomic E-state index is 0.605. The van der Waals surface area contributed by atoms with Crippen LogP contribution in [0.4, 0.5) is 5.69 Å². The van der Waals surface area contributed by atoms with Crippen LogP contribution in [0.2, 0.25) is 0 Å². The Bertz CT molecular complexity index is 393. The van der Waals surface area contributed by atoms with Crippen LogP contribution < -0.4 is 15.2 Å². The van der Waals surface area contributed by atoms with Gasteiger partial charge in [0.15, 0.2) is 11.5 Å². The summed E-state index contributed by atoms with van der Waals surface area (Å²) in [5.74, 6) is 4.38. The van der Waals surface area contributed by atoms with Crippen molar-refractivity contribution in [3.05, 3.63) is 17.7 Å². The third-order valence-corrected chi connectivity index (χ3v) is 3.93. The number of anilines is 1. The van der Waals surface area contributed by atoms with Gasteiger partial charge < -0.3 is 15.2 Å². The van der Waals surface area contributed by atoms with Crippen LogP contribution in [0.25, 0.3) is 0 Å². The molecule has 4 heteroatoms. The van der Waals surface area contributed by atoms with Gasteiger partial charge in [-0.25, -0.2) is 0 Å². The van der Waals surface area contributed by atoms with E-state index in [1.54, 1.807) is 0 Å². The van der Waals surface area contributed by atoms with E-state index in [-0.39, 0.29) is 0 Å². The number of hydrogen-bond acceptors (Lipinski definition) is 4. The highest BCUT2D eigenvalue weighted by Crippen LogP contribution is 2.35.